The lowest BCUT2D eigenvalue weighted by Gasteiger charge is -2.30. The van der Waals surface area contributed by atoms with E-state index in [-0.39, 0.29) is 6.09 Å². The van der Waals surface area contributed by atoms with Crippen LogP contribution in [0.5, 0.6) is 0 Å². The number of ether oxygens (including phenoxy) is 1. The fourth-order valence-electron chi connectivity index (χ4n) is 1.89. The fourth-order valence-corrected chi connectivity index (χ4v) is 1.89. The van der Waals surface area contributed by atoms with Crippen LogP contribution in [0.25, 0.3) is 0 Å². The molecule has 4 nitrogen and oxygen atoms in total. The summed E-state index contributed by atoms with van der Waals surface area (Å²) in [5.41, 5.74) is -0.421. The number of hydrogen-bond donors (Lipinski definition) is 2. The van der Waals surface area contributed by atoms with Crippen molar-refractivity contribution in [1.82, 2.24) is 10.6 Å². The monoisotopic (exact) mass is 228 g/mol. The summed E-state index contributed by atoms with van der Waals surface area (Å²) in [7, 11) is 0. The Hall–Kier alpha value is -0.770. The second-order valence-electron chi connectivity index (χ2n) is 5.56. The van der Waals surface area contributed by atoms with Crippen molar-refractivity contribution in [3.05, 3.63) is 0 Å². The summed E-state index contributed by atoms with van der Waals surface area (Å²) < 4.78 is 5.19. The molecule has 0 aromatic heterocycles. The number of piperidine rings is 1. The first-order valence-electron chi connectivity index (χ1n) is 6.09. The largest absolute Gasteiger partial charge is 0.444 e. The third kappa shape index (κ3) is 4.84. The number of amides is 1. The van der Waals surface area contributed by atoms with Crippen molar-refractivity contribution >= 4 is 6.09 Å². The molecule has 1 rings (SSSR count). The molecule has 0 aromatic rings. The average molecular weight is 228 g/mol. The summed E-state index contributed by atoms with van der Waals surface area (Å²) in [5.74, 6) is 0.615. The van der Waals surface area contributed by atoms with Gasteiger partial charge < -0.3 is 15.4 Å². The van der Waals surface area contributed by atoms with E-state index < -0.39 is 5.60 Å². The molecule has 2 N–H and O–H groups in total. The number of nitrogens with one attached hydrogen (secondary N) is 2. The van der Waals surface area contributed by atoms with Crippen LogP contribution in [-0.4, -0.2) is 30.8 Å². The highest BCUT2D eigenvalue weighted by Gasteiger charge is 2.22. The quantitative estimate of drug-likeness (QED) is 0.759. The lowest BCUT2D eigenvalue weighted by molar-refractivity contribution is 0.0516. The van der Waals surface area contributed by atoms with E-state index in [4.69, 9.17) is 4.74 Å². The van der Waals surface area contributed by atoms with Gasteiger partial charge >= 0.3 is 6.09 Å². The highest BCUT2D eigenvalue weighted by Crippen LogP contribution is 2.15. The Morgan fingerprint density at radius 3 is 2.75 bits per heavy atom. The van der Waals surface area contributed by atoms with E-state index in [1.54, 1.807) is 0 Å². The first-order valence-corrected chi connectivity index (χ1v) is 6.09. The molecule has 0 aliphatic carbocycles. The van der Waals surface area contributed by atoms with Crippen LogP contribution >= 0.6 is 0 Å². The fraction of sp³-hybridized carbons (Fsp3) is 0.917. The summed E-state index contributed by atoms with van der Waals surface area (Å²) in [6, 6.07) is 0.376. The van der Waals surface area contributed by atoms with Crippen LogP contribution in [0.2, 0.25) is 0 Å². The van der Waals surface area contributed by atoms with Crippen LogP contribution in [0.3, 0.4) is 0 Å². The minimum Gasteiger partial charge on any atom is -0.444 e. The zero-order chi connectivity index (χ0) is 12.2. The number of rotatable bonds is 2. The van der Waals surface area contributed by atoms with E-state index in [0.29, 0.717) is 18.5 Å². The number of alkyl carbamates (subject to hydrolysis) is 1. The maximum atomic E-state index is 11.4. The molecule has 1 heterocycles. The molecule has 1 fully saturated rings. The topological polar surface area (TPSA) is 50.4 Å². The van der Waals surface area contributed by atoms with Gasteiger partial charge in [0.1, 0.15) is 5.60 Å². The lowest BCUT2D eigenvalue weighted by Crippen LogP contribution is -2.48. The smallest absolute Gasteiger partial charge is 0.407 e. The van der Waals surface area contributed by atoms with Crippen LogP contribution in [-0.2, 0) is 4.74 Å². The van der Waals surface area contributed by atoms with Gasteiger partial charge in [-0.05, 0) is 46.1 Å². The minimum absolute atomic E-state index is 0.327. The molecule has 0 bridgehead atoms. The molecule has 1 saturated heterocycles. The van der Waals surface area contributed by atoms with Gasteiger partial charge in [0.2, 0.25) is 0 Å². The number of carbonyl (C=O) groups excluding carboxylic acids is 1. The summed E-state index contributed by atoms with van der Waals surface area (Å²) >= 11 is 0. The van der Waals surface area contributed by atoms with E-state index >= 15 is 0 Å². The van der Waals surface area contributed by atoms with E-state index in [2.05, 4.69) is 17.6 Å². The molecule has 94 valence electrons. The van der Waals surface area contributed by atoms with E-state index in [0.717, 1.165) is 6.54 Å². The number of hydrogen-bond acceptors (Lipinski definition) is 3. The molecule has 1 amide bonds. The second kappa shape index (κ2) is 5.53. The zero-order valence-corrected chi connectivity index (χ0v) is 10.8. The van der Waals surface area contributed by atoms with Crippen molar-refractivity contribution in [2.24, 2.45) is 5.92 Å². The Kier molecular flexibility index (Phi) is 4.59. The molecule has 0 aromatic carbocycles. The van der Waals surface area contributed by atoms with Crippen LogP contribution in [0.4, 0.5) is 4.79 Å². The molecule has 0 saturated carbocycles. The van der Waals surface area contributed by atoms with Crippen molar-refractivity contribution in [1.29, 1.82) is 0 Å². The zero-order valence-electron chi connectivity index (χ0n) is 10.8. The SMILES string of the molecule is CC1CCCNC1CNC(=O)OC(C)(C)C. The van der Waals surface area contributed by atoms with E-state index in [9.17, 15) is 4.79 Å². The molecule has 1 aliphatic heterocycles. The minimum atomic E-state index is -0.421. The molecule has 4 heteroatoms. The van der Waals surface area contributed by atoms with Gasteiger partial charge in [-0.15, -0.1) is 0 Å². The maximum Gasteiger partial charge on any atom is 0.407 e. The Labute approximate surface area is 98.1 Å². The van der Waals surface area contributed by atoms with E-state index in [1.807, 2.05) is 20.8 Å². The third-order valence-corrected chi connectivity index (χ3v) is 2.79. The number of carbonyl (C=O) groups is 1. The first kappa shape index (κ1) is 13.3. The van der Waals surface area contributed by atoms with Crippen molar-refractivity contribution in [3.63, 3.8) is 0 Å². The highest BCUT2D eigenvalue weighted by atomic mass is 16.6. The maximum absolute atomic E-state index is 11.4. The van der Waals surface area contributed by atoms with Gasteiger partial charge in [0, 0.05) is 12.6 Å². The average Bonchev–Trinajstić information content (AvgIpc) is 2.14. The molecule has 0 spiro atoms. The Morgan fingerprint density at radius 2 is 2.19 bits per heavy atom. The van der Waals surface area contributed by atoms with Crippen LogP contribution in [0, 0.1) is 5.92 Å². The van der Waals surface area contributed by atoms with Crippen LogP contribution in [0.15, 0.2) is 0 Å². The van der Waals surface area contributed by atoms with Gasteiger partial charge in [-0.2, -0.15) is 0 Å². The van der Waals surface area contributed by atoms with E-state index in [1.165, 1.54) is 12.8 Å². The van der Waals surface area contributed by atoms with Crippen molar-refractivity contribution < 1.29 is 9.53 Å². The molecular weight excluding hydrogens is 204 g/mol. The molecule has 16 heavy (non-hydrogen) atoms. The second-order valence-corrected chi connectivity index (χ2v) is 5.56. The Morgan fingerprint density at radius 1 is 1.50 bits per heavy atom. The predicted molar refractivity (Wildman–Crippen MR) is 64.4 cm³/mol. The molecular formula is C12H24N2O2. The molecule has 2 atom stereocenters. The molecule has 2 unspecified atom stereocenters. The van der Waals surface area contributed by atoms with Gasteiger partial charge in [0.15, 0.2) is 0 Å². The van der Waals surface area contributed by atoms with Gasteiger partial charge in [-0.25, -0.2) is 4.79 Å². The first-order chi connectivity index (χ1) is 7.38. The Balaban J connectivity index is 2.25. The highest BCUT2D eigenvalue weighted by molar-refractivity contribution is 5.67. The molecule has 1 aliphatic rings. The van der Waals surface area contributed by atoms with Crippen LogP contribution in [0.1, 0.15) is 40.5 Å². The lowest BCUT2D eigenvalue weighted by atomic mass is 9.93. The van der Waals surface area contributed by atoms with Gasteiger partial charge in [-0.1, -0.05) is 6.92 Å². The predicted octanol–water partition coefficient (Wildman–Crippen LogP) is 1.90. The Bertz CT molecular complexity index is 236. The standard InChI is InChI=1S/C12H24N2O2/c1-9-6-5-7-13-10(9)8-14-11(15)16-12(2,3)4/h9-10,13H,5-8H2,1-4H3,(H,14,15). The normalized spacial score (nSPS) is 26.2. The molecule has 0 radical (unpaired) electrons. The van der Waals surface area contributed by atoms with Crippen molar-refractivity contribution in [2.45, 2.75) is 52.2 Å². The van der Waals surface area contributed by atoms with Gasteiger partial charge in [-0.3, -0.25) is 0 Å². The summed E-state index contributed by atoms with van der Waals surface area (Å²) in [6.45, 7) is 9.52. The van der Waals surface area contributed by atoms with Gasteiger partial charge in [0.25, 0.3) is 0 Å². The van der Waals surface area contributed by atoms with Crippen LogP contribution < -0.4 is 10.6 Å². The van der Waals surface area contributed by atoms with Gasteiger partial charge in [0.05, 0.1) is 0 Å². The summed E-state index contributed by atoms with van der Waals surface area (Å²) in [4.78, 5) is 11.4. The van der Waals surface area contributed by atoms with Crippen molar-refractivity contribution in [3.8, 4) is 0 Å². The summed E-state index contributed by atoms with van der Waals surface area (Å²) in [5, 5.41) is 6.23. The summed E-state index contributed by atoms with van der Waals surface area (Å²) in [6.07, 6.45) is 2.13. The van der Waals surface area contributed by atoms with Crippen molar-refractivity contribution in [2.75, 3.05) is 13.1 Å². The third-order valence-electron chi connectivity index (χ3n) is 2.79.